The fourth-order valence-corrected chi connectivity index (χ4v) is 2.09. The van der Waals surface area contributed by atoms with Crippen LogP contribution in [0, 0.1) is 32.8 Å². The molecule has 9 nitrogen and oxygen atoms in total. The van der Waals surface area contributed by atoms with Gasteiger partial charge in [-0.1, -0.05) is 0 Å². The lowest BCUT2D eigenvalue weighted by atomic mass is 10.1. The maximum absolute atomic E-state index is 11.0. The lowest BCUT2D eigenvalue weighted by Crippen LogP contribution is -2.06. The second-order valence-corrected chi connectivity index (χ2v) is 4.71. The number of aromatic amines is 1. The second kappa shape index (κ2) is 6.91. The van der Waals surface area contributed by atoms with E-state index in [2.05, 4.69) is 15.5 Å². The van der Waals surface area contributed by atoms with E-state index in [1.165, 1.54) is 18.2 Å². The number of nitro groups is 1. The predicted octanol–water partition coefficient (Wildman–Crippen LogP) is 1.69. The minimum absolute atomic E-state index is 0.0903. The largest absolute Gasteiger partial charge is 0.381 e. The van der Waals surface area contributed by atoms with Gasteiger partial charge in [-0.3, -0.25) is 15.2 Å². The van der Waals surface area contributed by atoms with E-state index >= 15 is 0 Å². The van der Waals surface area contributed by atoms with Crippen molar-refractivity contribution in [1.29, 1.82) is 10.5 Å². The van der Waals surface area contributed by atoms with Gasteiger partial charge in [0.1, 0.15) is 17.3 Å². The highest BCUT2D eigenvalue weighted by Gasteiger charge is 2.14. The number of hydrogen-bond donors (Lipinski definition) is 3. The number of nitriles is 2. The molecule has 4 N–H and O–H groups in total. The molecule has 0 bridgehead atoms. The van der Waals surface area contributed by atoms with Crippen molar-refractivity contribution >= 4 is 17.2 Å². The molecule has 116 valence electrons. The van der Waals surface area contributed by atoms with E-state index in [1.54, 1.807) is 0 Å². The van der Waals surface area contributed by atoms with Crippen LogP contribution >= 0.6 is 0 Å². The van der Waals surface area contributed by atoms with Crippen molar-refractivity contribution in [2.45, 2.75) is 12.8 Å². The number of aromatic nitrogens is 2. The quantitative estimate of drug-likeness (QED) is 0.416. The van der Waals surface area contributed by atoms with Crippen LogP contribution in [0.15, 0.2) is 18.2 Å². The number of aryl methyl sites for hydroxylation is 1. The Morgan fingerprint density at radius 2 is 2.17 bits per heavy atom. The molecule has 0 atom stereocenters. The molecule has 0 aliphatic rings. The smallest absolute Gasteiger partial charge is 0.292 e. The van der Waals surface area contributed by atoms with Crippen LogP contribution in [0.1, 0.15) is 23.2 Å². The number of nitrogens with zero attached hydrogens (tertiary/aromatic N) is 4. The summed E-state index contributed by atoms with van der Waals surface area (Å²) < 4.78 is 0. The molecular weight excluding hydrogens is 298 g/mol. The number of nitro benzene ring substituents is 1. The van der Waals surface area contributed by atoms with Crippen LogP contribution in [-0.4, -0.2) is 21.7 Å². The molecule has 1 aromatic carbocycles. The number of H-pyrrole nitrogens is 1. The SMILES string of the molecule is N#Cc1ccc([N+](=O)[O-])c(NCCCc2[nH]nc(N)c2C#N)c1. The van der Waals surface area contributed by atoms with Gasteiger partial charge in [0.05, 0.1) is 22.2 Å². The maximum Gasteiger partial charge on any atom is 0.292 e. The Hall–Kier alpha value is -3.59. The Morgan fingerprint density at radius 3 is 2.83 bits per heavy atom. The van der Waals surface area contributed by atoms with Crippen LogP contribution in [0.25, 0.3) is 0 Å². The van der Waals surface area contributed by atoms with Gasteiger partial charge < -0.3 is 11.1 Å². The van der Waals surface area contributed by atoms with Crippen molar-refractivity contribution in [3.63, 3.8) is 0 Å². The van der Waals surface area contributed by atoms with Gasteiger partial charge in [-0.25, -0.2) is 0 Å². The molecular formula is C14H13N7O2. The van der Waals surface area contributed by atoms with E-state index in [0.717, 1.165) is 0 Å². The highest BCUT2D eigenvalue weighted by atomic mass is 16.6. The summed E-state index contributed by atoms with van der Waals surface area (Å²) >= 11 is 0. The molecule has 0 fully saturated rings. The Balaban J connectivity index is 2.00. The second-order valence-electron chi connectivity index (χ2n) is 4.71. The number of hydrogen-bond acceptors (Lipinski definition) is 7. The topological polar surface area (TPSA) is 157 Å². The van der Waals surface area contributed by atoms with Crippen LogP contribution in [0.5, 0.6) is 0 Å². The van der Waals surface area contributed by atoms with Gasteiger partial charge in [0, 0.05) is 12.6 Å². The third-order valence-corrected chi connectivity index (χ3v) is 3.22. The van der Waals surface area contributed by atoms with Gasteiger partial charge in [0.25, 0.3) is 5.69 Å². The van der Waals surface area contributed by atoms with E-state index < -0.39 is 4.92 Å². The normalized spacial score (nSPS) is 9.83. The summed E-state index contributed by atoms with van der Waals surface area (Å²) in [6.45, 7) is 0.430. The van der Waals surface area contributed by atoms with Crippen molar-refractivity contribution in [3.05, 3.63) is 45.1 Å². The Bertz CT molecular complexity index is 814. The van der Waals surface area contributed by atoms with E-state index in [0.29, 0.717) is 41.9 Å². The lowest BCUT2D eigenvalue weighted by molar-refractivity contribution is -0.384. The molecule has 23 heavy (non-hydrogen) atoms. The lowest BCUT2D eigenvalue weighted by Gasteiger charge is -2.07. The highest BCUT2D eigenvalue weighted by Crippen LogP contribution is 2.25. The molecule has 0 saturated heterocycles. The van der Waals surface area contributed by atoms with Crippen LogP contribution in [-0.2, 0) is 6.42 Å². The molecule has 2 aromatic rings. The Labute approximate surface area is 131 Å². The summed E-state index contributed by atoms with van der Waals surface area (Å²) in [5.41, 5.74) is 7.04. The monoisotopic (exact) mass is 311 g/mol. The van der Waals surface area contributed by atoms with Gasteiger partial charge in [-0.2, -0.15) is 15.6 Å². The van der Waals surface area contributed by atoms with Crippen molar-refractivity contribution < 1.29 is 4.92 Å². The average Bonchev–Trinajstić information content (AvgIpc) is 2.91. The summed E-state index contributed by atoms with van der Waals surface area (Å²) in [5, 5.41) is 38.2. The molecule has 0 aliphatic carbocycles. The first kappa shape index (κ1) is 15.8. The Morgan fingerprint density at radius 1 is 1.39 bits per heavy atom. The van der Waals surface area contributed by atoms with Crippen LogP contribution in [0.4, 0.5) is 17.2 Å². The number of rotatable bonds is 6. The van der Waals surface area contributed by atoms with Gasteiger partial charge in [-0.15, -0.1) is 0 Å². The molecule has 0 aliphatic heterocycles. The van der Waals surface area contributed by atoms with Crippen molar-refractivity contribution in [3.8, 4) is 12.1 Å². The van der Waals surface area contributed by atoms with Gasteiger partial charge in [0.15, 0.2) is 5.82 Å². The summed E-state index contributed by atoms with van der Waals surface area (Å²) in [6, 6.07) is 8.05. The maximum atomic E-state index is 11.0. The molecule has 0 saturated carbocycles. The fourth-order valence-electron chi connectivity index (χ4n) is 2.09. The summed E-state index contributed by atoms with van der Waals surface area (Å²) in [4.78, 5) is 10.5. The van der Waals surface area contributed by atoms with E-state index in [9.17, 15) is 10.1 Å². The van der Waals surface area contributed by atoms with Crippen LogP contribution in [0.2, 0.25) is 0 Å². The minimum Gasteiger partial charge on any atom is -0.381 e. The molecule has 0 unspecified atom stereocenters. The zero-order valence-electron chi connectivity index (χ0n) is 12.0. The fraction of sp³-hybridized carbons (Fsp3) is 0.214. The van der Waals surface area contributed by atoms with Gasteiger partial charge >= 0.3 is 0 Å². The standard InChI is InChI=1S/C14H13N7O2/c15-7-9-3-4-13(21(22)23)12(6-9)18-5-1-2-11-10(8-16)14(17)20-19-11/h3-4,6,18H,1-2,5H2,(H3,17,19,20). The molecule has 0 radical (unpaired) electrons. The predicted molar refractivity (Wildman–Crippen MR) is 82.3 cm³/mol. The van der Waals surface area contributed by atoms with Crippen molar-refractivity contribution in [2.75, 3.05) is 17.6 Å². The highest BCUT2D eigenvalue weighted by molar-refractivity contribution is 5.64. The van der Waals surface area contributed by atoms with Crippen LogP contribution in [0.3, 0.4) is 0 Å². The Kier molecular flexibility index (Phi) is 4.75. The summed E-state index contributed by atoms with van der Waals surface area (Å²) in [7, 11) is 0. The minimum atomic E-state index is -0.507. The van der Waals surface area contributed by atoms with Gasteiger partial charge in [-0.05, 0) is 25.0 Å². The first-order chi connectivity index (χ1) is 11.1. The zero-order valence-corrected chi connectivity index (χ0v) is 12.0. The molecule has 0 amide bonds. The van der Waals surface area contributed by atoms with Crippen LogP contribution < -0.4 is 11.1 Å². The molecule has 9 heteroatoms. The molecule has 1 aromatic heterocycles. The molecule has 0 spiro atoms. The molecule has 1 heterocycles. The number of benzene rings is 1. The van der Waals surface area contributed by atoms with E-state index in [1.807, 2.05) is 12.1 Å². The summed E-state index contributed by atoms with van der Waals surface area (Å²) in [6.07, 6.45) is 1.12. The number of nitrogens with one attached hydrogen (secondary N) is 2. The van der Waals surface area contributed by atoms with E-state index in [-0.39, 0.29) is 11.5 Å². The number of anilines is 2. The molecule has 2 rings (SSSR count). The first-order valence-corrected chi connectivity index (χ1v) is 6.72. The third kappa shape index (κ3) is 3.54. The number of nitrogens with two attached hydrogens (primary N) is 1. The van der Waals surface area contributed by atoms with Gasteiger partial charge in [0.2, 0.25) is 0 Å². The first-order valence-electron chi connectivity index (χ1n) is 6.72. The van der Waals surface area contributed by atoms with Crippen molar-refractivity contribution in [2.24, 2.45) is 0 Å². The third-order valence-electron chi connectivity index (χ3n) is 3.22. The van der Waals surface area contributed by atoms with E-state index in [4.69, 9.17) is 16.3 Å². The number of nitrogen functional groups attached to an aromatic ring is 1. The average molecular weight is 311 g/mol. The van der Waals surface area contributed by atoms with Crippen molar-refractivity contribution in [1.82, 2.24) is 10.2 Å². The summed E-state index contributed by atoms with van der Waals surface area (Å²) in [5.74, 6) is 0.160. The zero-order chi connectivity index (χ0) is 16.8.